The van der Waals surface area contributed by atoms with E-state index in [0.29, 0.717) is 12.6 Å². The van der Waals surface area contributed by atoms with Gasteiger partial charge in [-0.15, -0.1) is 0 Å². The van der Waals surface area contributed by atoms with Gasteiger partial charge in [-0.2, -0.15) is 0 Å². The van der Waals surface area contributed by atoms with E-state index < -0.39 is 0 Å². The number of carbonyl (C=O) groups excluding carboxylic acids is 1. The average Bonchev–Trinajstić information content (AvgIpc) is 2.71. The lowest BCUT2D eigenvalue weighted by atomic mass is 10.2. The maximum atomic E-state index is 11.5. The van der Waals surface area contributed by atoms with E-state index in [1.807, 2.05) is 0 Å². The normalized spacial score (nSPS) is 23.0. The molecule has 1 rings (SSSR count). The van der Waals surface area contributed by atoms with Gasteiger partial charge in [0.25, 0.3) is 0 Å². The molecule has 1 fully saturated rings. The van der Waals surface area contributed by atoms with E-state index in [4.69, 9.17) is 4.74 Å². The standard InChI is InChI=1S/C12H25N3O2/c1-13-11(12(16)17-4)9-14(2)8-10-6-5-7-15(10)3/h10-11,13H,5-9H2,1-4H3. The molecule has 5 nitrogen and oxygen atoms in total. The number of hydrogen-bond acceptors (Lipinski definition) is 5. The van der Waals surface area contributed by atoms with Crippen molar-refractivity contribution < 1.29 is 9.53 Å². The van der Waals surface area contributed by atoms with Crippen molar-refractivity contribution in [2.75, 3.05) is 47.9 Å². The Morgan fingerprint density at radius 2 is 2.35 bits per heavy atom. The van der Waals surface area contributed by atoms with Crippen LogP contribution in [0.15, 0.2) is 0 Å². The second-order valence-corrected chi connectivity index (χ2v) is 4.86. The largest absolute Gasteiger partial charge is 0.468 e. The van der Waals surface area contributed by atoms with Crippen molar-refractivity contribution in [1.82, 2.24) is 15.1 Å². The average molecular weight is 243 g/mol. The molecule has 17 heavy (non-hydrogen) atoms. The van der Waals surface area contributed by atoms with Gasteiger partial charge in [0, 0.05) is 19.1 Å². The zero-order valence-corrected chi connectivity index (χ0v) is 11.4. The van der Waals surface area contributed by atoms with Gasteiger partial charge in [0.1, 0.15) is 6.04 Å². The predicted octanol–water partition coefficient (Wildman–Crippen LogP) is -0.227. The van der Waals surface area contributed by atoms with Crippen molar-refractivity contribution >= 4 is 5.97 Å². The number of carbonyl (C=O) groups is 1. The molecule has 0 saturated carbocycles. The van der Waals surface area contributed by atoms with Crippen molar-refractivity contribution in [2.24, 2.45) is 0 Å². The highest BCUT2D eigenvalue weighted by Gasteiger charge is 2.24. The van der Waals surface area contributed by atoms with Gasteiger partial charge in [0.05, 0.1) is 7.11 Å². The van der Waals surface area contributed by atoms with Crippen molar-refractivity contribution in [1.29, 1.82) is 0 Å². The second kappa shape index (κ2) is 6.93. The van der Waals surface area contributed by atoms with Gasteiger partial charge in [0.15, 0.2) is 0 Å². The van der Waals surface area contributed by atoms with Gasteiger partial charge in [-0.25, -0.2) is 0 Å². The Morgan fingerprint density at radius 3 is 2.82 bits per heavy atom. The Bertz CT molecular complexity index is 248. The van der Waals surface area contributed by atoms with E-state index in [2.05, 4.69) is 29.2 Å². The van der Waals surface area contributed by atoms with E-state index in [0.717, 1.165) is 6.54 Å². The number of ether oxygens (including phenoxy) is 1. The molecule has 0 aliphatic carbocycles. The first-order chi connectivity index (χ1) is 8.08. The molecule has 0 aromatic rings. The van der Waals surface area contributed by atoms with Crippen LogP contribution in [0.1, 0.15) is 12.8 Å². The minimum absolute atomic E-state index is 0.195. The van der Waals surface area contributed by atoms with Gasteiger partial charge >= 0.3 is 5.97 Å². The number of nitrogens with zero attached hydrogens (tertiary/aromatic N) is 2. The van der Waals surface area contributed by atoms with Gasteiger partial charge in [0.2, 0.25) is 0 Å². The Hall–Kier alpha value is -0.650. The number of hydrogen-bond donors (Lipinski definition) is 1. The molecule has 1 aliphatic rings. The van der Waals surface area contributed by atoms with Crippen molar-refractivity contribution in [3.63, 3.8) is 0 Å². The molecule has 0 spiro atoms. The highest BCUT2D eigenvalue weighted by Crippen LogP contribution is 2.15. The summed E-state index contributed by atoms with van der Waals surface area (Å²) in [7, 11) is 7.44. The molecule has 0 aromatic carbocycles. The lowest BCUT2D eigenvalue weighted by Crippen LogP contribution is -2.47. The monoisotopic (exact) mass is 243 g/mol. The summed E-state index contributed by atoms with van der Waals surface area (Å²) in [5.74, 6) is -0.195. The summed E-state index contributed by atoms with van der Waals surface area (Å²) in [6, 6.07) is 0.381. The van der Waals surface area contributed by atoms with Crippen molar-refractivity contribution in [2.45, 2.75) is 24.9 Å². The highest BCUT2D eigenvalue weighted by molar-refractivity contribution is 5.75. The summed E-state index contributed by atoms with van der Waals surface area (Å²) in [6.45, 7) is 2.88. The van der Waals surface area contributed by atoms with Crippen LogP contribution in [0.25, 0.3) is 0 Å². The highest BCUT2D eigenvalue weighted by atomic mass is 16.5. The minimum Gasteiger partial charge on any atom is -0.468 e. The van der Waals surface area contributed by atoms with Crippen LogP contribution < -0.4 is 5.32 Å². The Kier molecular flexibility index (Phi) is 5.88. The third-order valence-electron chi connectivity index (χ3n) is 3.52. The number of esters is 1. The molecule has 1 N–H and O–H groups in total. The maximum Gasteiger partial charge on any atom is 0.324 e. The number of nitrogens with one attached hydrogen (secondary N) is 1. The second-order valence-electron chi connectivity index (χ2n) is 4.86. The molecule has 0 amide bonds. The first kappa shape index (κ1) is 14.4. The third kappa shape index (κ3) is 4.26. The number of rotatable bonds is 6. The van der Waals surface area contributed by atoms with Crippen molar-refractivity contribution in [3.8, 4) is 0 Å². The fraction of sp³-hybridized carbons (Fsp3) is 0.917. The molecule has 1 heterocycles. The summed E-state index contributed by atoms with van der Waals surface area (Å²) in [5, 5.41) is 2.99. The van der Waals surface area contributed by atoms with Gasteiger partial charge < -0.3 is 19.9 Å². The Balaban J connectivity index is 2.36. The molecule has 0 radical (unpaired) electrons. The summed E-state index contributed by atoms with van der Waals surface area (Å²) in [5.41, 5.74) is 0. The van der Waals surface area contributed by atoms with Gasteiger partial charge in [-0.05, 0) is 40.5 Å². The molecule has 1 aliphatic heterocycles. The van der Waals surface area contributed by atoms with Crippen LogP contribution in [0.3, 0.4) is 0 Å². The maximum absolute atomic E-state index is 11.5. The first-order valence-corrected chi connectivity index (χ1v) is 6.22. The molecule has 2 unspecified atom stereocenters. The SMILES string of the molecule is CNC(CN(C)CC1CCCN1C)C(=O)OC. The molecular weight excluding hydrogens is 218 g/mol. The molecule has 0 aromatic heterocycles. The summed E-state index contributed by atoms with van der Waals surface area (Å²) >= 11 is 0. The van der Waals surface area contributed by atoms with Crippen LogP contribution in [0, 0.1) is 0 Å². The van der Waals surface area contributed by atoms with E-state index in [9.17, 15) is 4.79 Å². The zero-order chi connectivity index (χ0) is 12.8. The van der Waals surface area contributed by atoms with Crippen LogP contribution in [0.4, 0.5) is 0 Å². The molecule has 1 saturated heterocycles. The van der Waals surface area contributed by atoms with Crippen LogP contribution in [0.2, 0.25) is 0 Å². The lowest BCUT2D eigenvalue weighted by Gasteiger charge is -2.27. The molecule has 2 atom stereocenters. The summed E-state index contributed by atoms with van der Waals surface area (Å²) < 4.78 is 4.76. The number of methoxy groups -OCH3 is 1. The zero-order valence-electron chi connectivity index (χ0n) is 11.4. The Morgan fingerprint density at radius 1 is 1.65 bits per heavy atom. The van der Waals surface area contributed by atoms with E-state index in [-0.39, 0.29) is 12.0 Å². The summed E-state index contributed by atoms with van der Waals surface area (Å²) in [4.78, 5) is 16.0. The summed E-state index contributed by atoms with van der Waals surface area (Å²) in [6.07, 6.45) is 2.53. The van der Waals surface area contributed by atoms with Gasteiger partial charge in [-0.3, -0.25) is 4.79 Å². The predicted molar refractivity (Wildman–Crippen MR) is 68.0 cm³/mol. The first-order valence-electron chi connectivity index (χ1n) is 6.22. The van der Waals surface area contributed by atoms with Crippen LogP contribution in [0.5, 0.6) is 0 Å². The molecule has 100 valence electrons. The third-order valence-corrected chi connectivity index (χ3v) is 3.52. The Labute approximate surface area is 104 Å². The van der Waals surface area contributed by atoms with Crippen LogP contribution in [-0.4, -0.2) is 75.7 Å². The lowest BCUT2D eigenvalue weighted by molar-refractivity contribution is -0.143. The topological polar surface area (TPSA) is 44.8 Å². The number of likely N-dealkylation sites (tertiary alicyclic amines) is 1. The van der Waals surface area contributed by atoms with Crippen LogP contribution in [-0.2, 0) is 9.53 Å². The molecular formula is C12H25N3O2. The molecule has 0 bridgehead atoms. The van der Waals surface area contributed by atoms with E-state index in [1.165, 1.54) is 26.5 Å². The molecule has 5 heteroatoms. The quantitative estimate of drug-likeness (QED) is 0.653. The minimum atomic E-state index is -0.239. The van der Waals surface area contributed by atoms with Gasteiger partial charge in [-0.1, -0.05) is 0 Å². The van der Waals surface area contributed by atoms with Crippen molar-refractivity contribution in [3.05, 3.63) is 0 Å². The van der Waals surface area contributed by atoms with Crippen LogP contribution >= 0.6 is 0 Å². The smallest absolute Gasteiger partial charge is 0.324 e. The fourth-order valence-corrected chi connectivity index (χ4v) is 2.38. The van der Waals surface area contributed by atoms with E-state index >= 15 is 0 Å². The number of likely N-dealkylation sites (N-methyl/N-ethyl adjacent to an activating group) is 3. The fourth-order valence-electron chi connectivity index (χ4n) is 2.38. The van der Waals surface area contributed by atoms with E-state index in [1.54, 1.807) is 7.05 Å².